The highest BCUT2D eigenvalue weighted by Crippen LogP contribution is 2.34. The number of allylic oxidation sites excluding steroid dienone is 1. The fourth-order valence-electron chi connectivity index (χ4n) is 1.13. The van der Waals surface area contributed by atoms with Crippen LogP contribution in [0.15, 0.2) is 11.2 Å². The second-order valence-electron chi connectivity index (χ2n) is 3.07. The van der Waals surface area contributed by atoms with Gasteiger partial charge >= 0.3 is 0 Å². The van der Waals surface area contributed by atoms with Crippen molar-refractivity contribution in [1.82, 2.24) is 0 Å². The van der Waals surface area contributed by atoms with E-state index in [1.807, 2.05) is 6.92 Å². The van der Waals surface area contributed by atoms with Crippen LogP contribution in [0.5, 0.6) is 0 Å². The molecule has 1 aliphatic heterocycles. The molecule has 0 saturated heterocycles. The Balaban J connectivity index is 2.76. The second-order valence-corrected chi connectivity index (χ2v) is 4.88. The summed E-state index contributed by atoms with van der Waals surface area (Å²) >= 11 is 0. The van der Waals surface area contributed by atoms with Gasteiger partial charge in [0.05, 0.1) is 22.7 Å². The van der Waals surface area contributed by atoms with Crippen LogP contribution in [0.1, 0.15) is 26.7 Å². The summed E-state index contributed by atoms with van der Waals surface area (Å²) in [4.78, 5) is 0. The quantitative estimate of drug-likeness (QED) is 0.638. The van der Waals surface area contributed by atoms with Gasteiger partial charge in [0.1, 0.15) is 5.76 Å². The topological polar surface area (TPSA) is 26.3 Å². The van der Waals surface area contributed by atoms with Gasteiger partial charge < -0.3 is 4.74 Å². The molecule has 0 fully saturated rings. The molecule has 0 saturated carbocycles. The normalized spacial score (nSPS) is 37.0. The predicted molar refractivity (Wildman–Crippen MR) is 46.5 cm³/mol. The van der Waals surface area contributed by atoms with Crippen LogP contribution in [0.4, 0.5) is 0 Å². The maximum Gasteiger partial charge on any atom is 0.106 e. The first-order valence-electron chi connectivity index (χ1n) is 3.78. The van der Waals surface area contributed by atoms with E-state index in [0.717, 1.165) is 18.6 Å². The molecule has 2 nitrogen and oxygen atoms in total. The lowest BCUT2D eigenvalue weighted by Crippen LogP contribution is -2.24. The highest BCUT2D eigenvalue weighted by atomic mass is 32.2. The van der Waals surface area contributed by atoms with Crippen molar-refractivity contribution in [3.05, 3.63) is 11.2 Å². The first-order valence-corrected chi connectivity index (χ1v) is 4.99. The summed E-state index contributed by atoms with van der Waals surface area (Å²) in [5, 5.41) is 1.73. The van der Waals surface area contributed by atoms with Crippen LogP contribution < -0.4 is 0 Å². The van der Waals surface area contributed by atoms with Gasteiger partial charge in [0.2, 0.25) is 0 Å². The molecule has 0 amide bonds. The number of hydrogen-bond donors (Lipinski definition) is 0. The van der Waals surface area contributed by atoms with E-state index in [1.54, 1.807) is 12.5 Å². The first kappa shape index (κ1) is 8.78. The van der Waals surface area contributed by atoms with Crippen LogP contribution in [0.3, 0.4) is 0 Å². The minimum atomic E-state index is -0.843. The molecule has 1 aliphatic rings. The molecular formula is C8H14O2S. The number of rotatable bonds is 2. The highest BCUT2D eigenvalue weighted by molar-refractivity contribution is 7.89. The zero-order valence-corrected chi connectivity index (χ0v) is 8.03. The van der Waals surface area contributed by atoms with Crippen molar-refractivity contribution in [3.63, 3.8) is 0 Å². The lowest BCUT2D eigenvalue weighted by Gasteiger charge is -2.19. The summed E-state index contributed by atoms with van der Waals surface area (Å²) in [5.74, 6) is 0.868. The molecular weight excluding hydrogens is 160 g/mol. The average Bonchev–Trinajstić information content (AvgIpc) is 2.29. The van der Waals surface area contributed by atoms with Crippen molar-refractivity contribution in [3.8, 4) is 0 Å². The number of ether oxygens (including phenoxy) is 1. The monoisotopic (exact) mass is 174 g/mol. The molecule has 64 valence electrons. The molecule has 3 heteroatoms. The molecule has 2 unspecified atom stereocenters. The van der Waals surface area contributed by atoms with E-state index in [1.165, 1.54) is 0 Å². The predicted octanol–water partition coefficient (Wildman–Crippen LogP) is 1.80. The Kier molecular flexibility index (Phi) is 2.37. The van der Waals surface area contributed by atoms with Crippen LogP contribution in [0, 0.1) is 0 Å². The number of hydrogen-bond acceptors (Lipinski definition) is 2. The lowest BCUT2D eigenvalue weighted by atomic mass is 10.0. The van der Waals surface area contributed by atoms with E-state index in [9.17, 15) is 4.21 Å². The second kappa shape index (κ2) is 2.97. The van der Waals surface area contributed by atoms with Gasteiger partial charge in [-0.05, 0) is 13.3 Å². The molecule has 0 aromatic heterocycles. The molecule has 0 spiro atoms. The Hall–Kier alpha value is -0.310. The van der Waals surface area contributed by atoms with Gasteiger partial charge in [-0.3, -0.25) is 4.21 Å². The maximum atomic E-state index is 11.5. The van der Waals surface area contributed by atoms with Crippen LogP contribution in [-0.4, -0.2) is 16.1 Å². The van der Waals surface area contributed by atoms with Gasteiger partial charge in [0.25, 0.3) is 0 Å². The smallest absolute Gasteiger partial charge is 0.106 e. The van der Waals surface area contributed by atoms with E-state index in [-0.39, 0.29) is 4.75 Å². The average molecular weight is 174 g/mol. The fourth-order valence-corrected chi connectivity index (χ4v) is 2.40. The fraction of sp³-hybridized carbons (Fsp3) is 0.750. The standard InChI is InChI=1S/C8H14O2S/c1-4-8(2)5-7(10-3)6-11(8)9/h6H,4-5H2,1-3H3. The van der Waals surface area contributed by atoms with Crippen LogP contribution in [0.2, 0.25) is 0 Å². The van der Waals surface area contributed by atoms with Crippen molar-refractivity contribution < 1.29 is 8.95 Å². The largest absolute Gasteiger partial charge is 0.500 e. The molecule has 0 aromatic rings. The van der Waals surface area contributed by atoms with Gasteiger partial charge in [-0.25, -0.2) is 0 Å². The molecule has 11 heavy (non-hydrogen) atoms. The van der Waals surface area contributed by atoms with Gasteiger partial charge in [-0.2, -0.15) is 0 Å². The molecule has 0 bridgehead atoms. The zero-order chi connectivity index (χ0) is 8.48. The van der Waals surface area contributed by atoms with Gasteiger partial charge in [0.15, 0.2) is 0 Å². The minimum absolute atomic E-state index is 0.0780. The summed E-state index contributed by atoms with van der Waals surface area (Å²) in [6.07, 6.45) is 1.75. The highest BCUT2D eigenvalue weighted by Gasteiger charge is 2.35. The summed E-state index contributed by atoms with van der Waals surface area (Å²) in [6, 6.07) is 0. The summed E-state index contributed by atoms with van der Waals surface area (Å²) < 4.78 is 16.4. The van der Waals surface area contributed by atoms with Crippen molar-refractivity contribution in [1.29, 1.82) is 0 Å². The minimum Gasteiger partial charge on any atom is -0.500 e. The Morgan fingerprint density at radius 3 is 2.73 bits per heavy atom. The zero-order valence-electron chi connectivity index (χ0n) is 7.22. The van der Waals surface area contributed by atoms with Crippen molar-refractivity contribution >= 4 is 10.8 Å². The van der Waals surface area contributed by atoms with Crippen molar-refractivity contribution in [2.24, 2.45) is 0 Å². The summed E-state index contributed by atoms with van der Waals surface area (Å²) in [5.41, 5.74) is 0. The third-order valence-electron chi connectivity index (χ3n) is 2.28. The number of methoxy groups -OCH3 is 1. The van der Waals surface area contributed by atoms with E-state index < -0.39 is 10.8 Å². The van der Waals surface area contributed by atoms with Gasteiger partial charge in [-0.1, -0.05) is 6.92 Å². The van der Waals surface area contributed by atoms with Crippen LogP contribution >= 0.6 is 0 Å². The third kappa shape index (κ3) is 1.48. The van der Waals surface area contributed by atoms with Crippen LogP contribution in [-0.2, 0) is 15.5 Å². The Bertz CT molecular complexity index is 210. The van der Waals surface area contributed by atoms with E-state index >= 15 is 0 Å². The van der Waals surface area contributed by atoms with Crippen molar-refractivity contribution in [2.75, 3.05) is 7.11 Å². The first-order chi connectivity index (χ1) is 5.12. The molecule has 0 aliphatic carbocycles. The van der Waals surface area contributed by atoms with Crippen molar-refractivity contribution in [2.45, 2.75) is 31.4 Å². The lowest BCUT2D eigenvalue weighted by molar-refractivity contribution is 0.271. The molecule has 0 aromatic carbocycles. The van der Waals surface area contributed by atoms with E-state index in [2.05, 4.69) is 6.92 Å². The van der Waals surface area contributed by atoms with Gasteiger partial charge in [-0.15, -0.1) is 0 Å². The Morgan fingerprint density at radius 1 is 1.82 bits per heavy atom. The van der Waals surface area contributed by atoms with E-state index in [0.29, 0.717) is 0 Å². The maximum absolute atomic E-state index is 11.5. The van der Waals surface area contributed by atoms with Gasteiger partial charge in [0, 0.05) is 11.8 Å². The molecule has 1 rings (SSSR count). The SMILES string of the molecule is CCC1(C)CC(OC)=CS1=O. The van der Waals surface area contributed by atoms with Crippen LogP contribution in [0.25, 0.3) is 0 Å². The molecule has 1 heterocycles. The molecule has 2 atom stereocenters. The summed E-state index contributed by atoms with van der Waals surface area (Å²) in [6.45, 7) is 4.09. The summed E-state index contributed by atoms with van der Waals surface area (Å²) in [7, 11) is 0.786. The Labute approximate surface area is 70.1 Å². The molecule has 0 radical (unpaired) electrons. The van der Waals surface area contributed by atoms with E-state index in [4.69, 9.17) is 4.74 Å². The molecule has 0 N–H and O–H groups in total. The Morgan fingerprint density at radius 2 is 2.45 bits per heavy atom. The third-order valence-corrected chi connectivity index (χ3v) is 4.16.